The van der Waals surface area contributed by atoms with Gasteiger partial charge in [0.1, 0.15) is 0 Å². The maximum atomic E-state index is 9.19. The Kier molecular flexibility index (Phi) is 4.04. The molecule has 6 heavy (non-hydrogen) atoms. The molecule has 0 amide bonds. The van der Waals surface area contributed by atoms with E-state index in [1.165, 1.54) is 0 Å². The summed E-state index contributed by atoms with van der Waals surface area (Å²) in [6.07, 6.45) is 0. The topological polar surface area (TPSA) is 86.2 Å². The molecule has 0 aromatic carbocycles. The van der Waals surface area contributed by atoms with E-state index in [1.807, 2.05) is 0 Å². The first kappa shape index (κ1) is 9.61. The van der Waals surface area contributed by atoms with E-state index in [0.29, 0.717) is 0 Å². The maximum absolute atomic E-state index is 9.19. The summed E-state index contributed by atoms with van der Waals surface area (Å²) in [5.41, 5.74) is 0. The van der Waals surface area contributed by atoms with Gasteiger partial charge in [-0.1, -0.05) is 0 Å². The summed E-state index contributed by atoms with van der Waals surface area (Å²) in [4.78, 5) is 0. The molecule has 0 bridgehead atoms. The fourth-order valence-electron chi connectivity index (χ4n) is 0. The van der Waals surface area contributed by atoms with Crippen LogP contribution in [0.2, 0.25) is 0 Å². The van der Waals surface area contributed by atoms with Gasteiger partial charge in [0.25, 0.3) is 10.2 Å². The summed E-state index contributed by atoms with van der Waals surface area (Å²) < 4.78 is 18.4. The van der Waals surface area contributed by atoms with E-state index in [1.54, 1.807) is 0 Å². The Hall–Kier alpha value is 0.364. The van der Waals surface area contributed by atoms with Crippen molar-refractivity contribution in [2.75, 3.05) is 0 Å². The van der Waals surface area contributed by atoms with Crippen LogP contribution < -0.4 is 10.3 Å². The molecule has 6 heteroatoms. The largest absolute Gasteiger partial charge is 2.00 e. The minimum atomic E-state index is -3.67. The maximum Gasteiger partial charge on any atom is 2.00 e. The van der Waals surface area contributed by atoms with Crippen molar-refractivity contribution in [1.82, 2.24) is 0 Å². The van der Waals surface area contributed by atoms with Crippen molar-refractivity contribution in [2.24, 2.45) is 10.3 Å². The molecule has 40 valence electrons. The Bertz CT molecular complexity index is 94.7. The molecule has 4 nitrogen and oxygen atoms in total. The second-order valence-electron chi connectivity index (χ2n) is 0.589. The fourth-order valence-corrected chi connectivity index (χ4v) is 0. The van der Waals surface area contributed by atoms with Crippen LogP contribution in [0.1, 0.15) is 0 Å². The number of rotatable bonds is 0. The Morgan fingerprint density at radius 1 is 1.17 bits per heavy atom. The zero-order valence-electron chi connectivity index (χ0n) is 2.70. The zero-order valence-corrected chi connectivity index (χ0v) is 4.50. The third-order valence-corrected chi connectivity index (χ3v) is 0. The number of hydrogen-bond acceptors (Lipinski definition) is 2. The molecule has 0 spiro atoms. The Morgan fingerprint density at radius 3 is 1.17 bits per heavy atom. The molecule has 4 N–H and O–H groups in total. The molecule has 0 heterocycles. The van der Waals surface area contributed by atoms with E-state index in [0.717, 1.165) is 0 Å². The average molecular weight is 155 g/mol. The zero-order chi connectivity index (χ0) is 4.50. The molecule has 0 atom stereocenters. The van der Waals surface area contributed by atoms with Gasteiger partial charge < -0.3 is 0 Å². The first-order valence-corrected chi connectivity index (χ1v) is 2.41. The Balaban J connectivity index is 0. The van der Waals surface area contributed by atoms with Crippen molar-refractivity contribution in [3.63, 3.8) is 0 Å². The molecule has 0 radical (unpaired) electrons. The second kappa shape index (κ2) is 2.52. The van der Waals surface area contributed by atoms with Gasteiger partial charge >= 0.3 is 16.5 Å². The third kappa shape index (κ3) is 374. The molecule has 0 aromatic rings. The molecule has 0 aliphatic heterocycles. The smallest absolute Gasteiger partial charge is 0.216 e. The Labute approximate surface area is 46.0 Å². The SMILES string of the molecule is NS(N)(=O)=O.[Ni+2]. The van der Waals surface area contributed by atoms with Crippen LogP contribution in [0.4, 0.5) is 0 Å². The molecule has 0 aromatic heterocycles. The van der Waals surface area contributed by atoms with Gasteiger partial charge in [0.15, 0.2) is 0 Å². The van der Waals surface area contributed by atoms with Crippen molar-refractivity contribution >= 4 is 10.2 Å². The average Bonchev–Trinajstić information content (AvgIpc) is 0.722. The van der Waals surface area contributed by atoms with E-state index in [-0.39, 0.29) is 16.5 Å². The molecule has 0 aliphatic carbocycles. The molecule has 0 aliphatic rings. The van der Waals surface area contributed by atoms with Gasteiger partial charge in [-0.05, 0) is 0 Å². The molecule has 0 rings (SSSR count). The normalized spacial score (nSPS) is 9.67. The number of hydrogen-bond donors (Lipinski definition) is 2. The minimum absolute atomic E-state index is 0. The Morgan fingerprint density at radius 2 is 1.17 bits per heavy atom. The summed E-state index contributed by atoms with van der Waals surface area (Å²) in [5.74, 6) is 0. The van der Waals surface area contributed by atoms with Crippen LogP contribution in [0.15, 0.2) is 0 Å². The van der Waals surface area contributed by atoms with E-state index >= 15 is 0 Å². The van der Waals surface area contributed by atoms with E-state index in [9.17, 15) is 8.42 Å². The summed E-state index contributed by atoms with van der Waals surface area (Å²) >= 11 is 0. The van der Waals surface area contributed by atoms with Crippen molar-refractivity contribution in [2.45, 2.75) is 0 Å². The van der Waals surface area contributed by atoms with Crippen LogP contribution >= 0.6 is 0 Å². The standard InChI is InChI=1S/H4N2O2S.Ni/c1-5(2,3)4;/h(H4,1,2,3,4);/q;+2. The van der Waals surface area contributed by atoms with Crippen LogP contribution in [0.3, 0.4) is 0 Å². The molecular weight excluding hydrogens is 151 g/mol. The monoisotopic (exact) mass is 154 g/mol. The van der Waals surface area contributed by atoms with Crippen molar-refractivity contribution in [1.29, 1.82) is 0 Å². The first-order chi connectivity index (χ1) is 2.00. The molecule has 0 fully saturated rings. The van der Waals surface area contributed by atoms with Crippen LogP contribution in [-0.2, 0) is 26.7 Å². The first-order valence-electron chi connectivity index (χ1n) is 0.805. The van der Waals surface area contributed by atoms with Crippen LogP contribution in [0.25, 0.3) is 0 Å². The van der Waals surface area contributed by atoms with Crippen molar-refractivity contribution in [3.8, 4) is 0 Å². The fraction of sp³-hybridized carbons (Fsp3) is 0. The van der Waals surface area contributed by atoms with Crippen LogP contribution in [-0.4, -0.2) is 8.42 Å². The van der Waals surface area contributed by atoms with Gasteiger partial charge in [0, 0.05) is 0 Å². The van der Waals surface area contributed by atoms with Crippen LogP contribution in [0, 0.1) is 0 Å². The number of nitrogens with two attached hydrogens (primary N) is 2. The summed E-state index contributed by atoms with van der Waals surface area (Å²) in [7, 11) is -3.67. The molecule has 0 saturated carbocycles. The van der Waals surface area contributed by atoms with E-state index in [2.05, 4.69) is 10.3 Å². The van der Waals surface area contributed by atoms with Crippen molar-refractivity contribution < 1.29 is 24.9 Å². The second-order valence-corrected chi connectivity index (χ2v) is 1.77. The third-order valence-electron chi connectivity index (χ3n) is 0. The van der Waals surface area contributed by atoms with Gasteiger partial charge in [0.05, 0.1) is 0 Å². The molecule has 0 saturated heterocycles. The van der Waals surface area contributed by atoms with E-state index in [4.69, 9.17) is 0 Å². The molecular formula is H4N2NiO2S+2. The van der Waals surface area contributed by atoms with Gasteiger partial charge in [-0.3, -0.25) is 0 Å². The van der Waals surface area contributed by atoms with Gasteiger partial charge in [-0.25, -0.2) is 10.3 Å². The van der Waals surface area contributed by atoms with Gasteiger partial charge in [0.2, 0.25) is 0 Å². The molecule has 0 unspecified atom stereocenters. The van der Waals surface area contributed by atoms with E-state index < -0.39 is 10.2 Å². The van der Waals surface area contributed by atoms with Gasteiger partial charge in [-0.2, -0.15) is 8.42 Å². The predicted molar refractivity (Wildman–Crippen MR) is 17.3 cm³/mol. The van der Waals surface area contributed by atoms with Crippen molar-refractivity contribution in [3.05, 3.63) is 0 Å². The quantitative estimate of drug-likeness (QED) is 0.402. The summed E-state index contributed by atoms with van der Waals surface area (Å²) in [6.45, 7) is 0. The predicted octanol–water partition coefficient (Wildman–Crippen LogP) is -1.85. The summed E-state index contributed by atoms with van der Waals surface area (Å²) in [5, 5.41) is 8.21. The summed E-state index contributed by atoms with van der Waals surface area (Å²) in [6, 6.07) is 0. The van der Waals surface area contributed by atoms with Gasteiger partial charge in [-0.15, -0.1) is 0 Å². The minimum Gasteiger partial charge on any atom is -0.216 e. The van der Waals surface area contributed by atoms with Crippen LogP contribution in [0.5, 0.6) is 0 Å².